The molecule has 3 nitrogen and oxygen atoms in total. The molecule has 0 unspecified atom stereocenters. The smallest absolute Gasteiger partial charge is 0.0402 e. The van der Waals surface area contributed by atoms with Crippen LogP contribution in [0.2, 0.25) is 0 Å². The highest BCUT2D eigenvalue weighted by molar-refractivity contribution is 5.34. The zero-order chi connectivity index (χ0) is 12.4. The van der Waals surface area contributed by atoms with Gasteiger partial charge in [-0.2, -0.15) is 0 Å². The maximum atomic E-state index is 7.57. The maximum absolute atomic E-state index is 7.57. The van der Waals surface area contributed by atoms with E-state index in [9.17, 15) is 0 Å². The zero-order valence-corrected chi connectivity index (χ0v) is 10.4. The molecule has 0 spiro atoms. The molecule has 0 atom stereocenters. The van der Waals surface area contributed by atoms with Crippen molar-refractivity contribution in [1.82, 2.24) is 0 Å². The van der Waals surface area contributed by atoms with Gasteiger partial charge < -0.3 is 16.6 Å². The molecule has 0 radical (unpaired) electrons. The number of hydrogen-bond donors (Lipinski definition) is 3. The summed E-state index contributed by atoms with van der Waals surface area (Å²) in [5.74, 6) is 0. The monoisotopic (exact) mass is 224 g/mol. The summed E-state index contributed by atoms with van der Waals surface area (Å²) in [5, 5.41) is 7.57. The van der Waals surface area contributed by atoms with Gasteiger partial charge in [0, 0.05) is 6.61 Å². The van der Waals surface area contributed by atoms with Gasteiger partial charge in [-0.25, -0.2) is 0 Å². The number of nitrogens with two attached hydrogens (primary N) is 2. The highest BCUT2D eigenvalue weighted by Gasteiger charge is 2.03. The van der Waals surface area contributed by atoms with Crippen molar-refractivity contribution in [1.29, 1.82) is 0 Å². The van der Waals surface area contributed by atoms with Gasteiger partial charge in [-0.05, 0) is 56.5 Å². The standard InChI is InChI=1S/C11H18N2.C2H6O/c1-9-3-2-4-10(5-7-12)11(9)6-8-13;1-2-3/h2-4H,5-8,12-13H2,1H3;3H,2H2,1H3. The van der Waals surface area contributed by atoms with Crippen LogP contribution in [0.1, 0.15) is 23.6 Å². The Bertz CT molecular complexity index is 287. The lowest BCUT2D eigenvalue weighted by atomic mass is 9.97. The molecule has 0 saturated carbocycles. The van der Waals surface area contributed by atoms with E-state index in [1.807, 2.05) is 0 Å². The molecule has 3 heteroatoms. The average Bonchev–Trinajstić information content (AvgIpc) is 2.25. The molecule has 0 fully saturated rings. The van der Waals surface area contributed by atoms with E-state index in [0.717, 1.165) is 12.8 Å². The first-order valence-corrected chi connectivity index (χ1v) is 5.79. The molecular formula is C13H24N2O. The highest BCUT2D eigenvalue weighted by atomic mass is 16.2. The molecule has 0 saturated heterocycles. The van der Waals surface area contributed by atoms with Crippen LogP contribution in [-0.2, 0) is 12.8 Å². The predicted molar refractivity (Wildman–Crippen MR) is 69.5 cm³/mol. The predicted octanol–water partition coefficient (Wildman–Crippen LogP) is 0.996. The van der Waals surface area contributed by atoms with Crippen molar-refractivity contribution in [3.63, 3.8) is 0 Å². The van der Waals surface area contributed by atoms with E-state index in [0.29, 0.717) is 13.1 Å². The lowest BCUT2D eigenvalue weighted by Crippen LogP contribution is -2.10. The van der Waals surface area contributed by atoms with E-state index < -0.39 is 0 Å². The molecule has 1 aromatic rings. The molecule has 16 heavy (non-hydrogen) atoms. The average molecular weight is 224 g/mol. The fourth-order valence-corrected chi connectivity index (χ4v) is 1.65. The molecule has 92 valence electrons. The SMILES string of the molecule is CCO.Cc1cccc(CCN)c1CCN. The Kier molecular flexibility index (Phi) is 8.81. The fourth-order valence-electron chi connectivity index (χ4n) is 1.65. The van der Waals surface area contributed by atoms with Gasteiger partial charge in [-0.1, -0.05) is 18.2 Å². The lowest BCUT2D eigenvalue weighted by molar-refractivity contribution is 0.318. The Morgan fingerprint density at radius 3 is 2.19 bits per heavy atom. The molecule has 0 aromatic heterocycles. The number of rotatable bonds is 4. The second kappa shape index (κ2) is 9.33. The van der Waals surface area contributed by atoms with Gasteiger partial charge in [-0.15, -0.1) is 0 Å². The van der Waals surface area contributed by atoms with E-state index >= 15 is 0 Å². The summed E-state index contributed by atoms with van der Waals surface area (Å²) in [5.41, 5.74) is 15.2. The first-order chi connectivity index (χ1) is 7.71. The summed E-state index contributed by atoms with van der Waals surface area (Å²) in [6, 6.07) is 6.36. The van der Waals surface area contributed by atoms with Crippen LogP contribution in [0.15, 0.2) is 18.2 Å². The van der Waals surface area contributed by atoms with Crippen LogP contribution < -0.4 is 11.5 Å². The van der Waals surface area contributed by atoms with Gasteiger partial charge in [-0.3, -0.25) is 0 Å². The third kappa shape index (κ3) is 5.26. The van der Waals surface area contributed by atoms with Crippen molar-refractivity contribution in [3.8, 4) is 0 Å². The van der Waals surface area contributed by atoms with Crippen molar-refractivity contribution in [2.75, 3.05) is 19.7 Å². The second-order valence-corrected chi connectivity index (χ2v) is 3.61. The van der Waals surface area contributed by atoms with Crippen molar-refractivity contribution >= 4 is 0 Å². The quantitative estimate of drug-likeness (QED) is 0.714. The summed E-state index contributed by atoms with van der Waals surface area (Å²) >= 11 is 0. The van der Waals surface area contributed by atoms with Crippen molar-refractivity contribution in [3.05, 3.63) is 34.9 Å². The number of aliphatic hydroxyl groups is 1. The van der Waals surface area contributed by atoms with Gasteiger partial charge in [0.2, 0.25) is 0 Å². The third-order valence-electron chi connectivity index (χ3n) is 2.32. The van der Waals surface area contributed by atoms with E-state index in [1.165, 1.54) is 16.7 Å². The third-order valence-corrected chi connectivity index (χ3v) is 2.32. The van der Waals surface area contributed by atoms with Gasteiger partial charge >= 0.3 is 0 Å². The molecule has 5 N–H and O–H groups in total. The number of benzene rings is 1. The first kappa shape index (κ1) is 15.1. The second-order valence-electron chi connectivity index (χ2n) is 3.61. The van der Waals surface area contributed by atoms with Crippen molar-refractivity contribution in [2.45, 2.75) is 26.7 Å². The number of aliphatic hydroxyl groups excluding tert-OH is 1. The minimum atomic E-state index is 0.250. The zero-order valence-electron chi connectivity index (χ0n) is 10.4. The minimum Gasteiger partial charge on any atom is -0.397 e. The molecule has 0 amide bonds. The molecule has 1 aromatic carbocycles. The highest BCUT2D eigenvalue weighted by Crippen LogP contribution is 2.14. The molecule has 0 aliphatic rings. The van der Waals surface area contributed by atoms with Crippen molar-refractivity contribution in [2.24, 2.45) is 11.5 Å². The topological polar surface area (TPSA) is 72.3 Å². The molecule has 0 heterocycles. The Morgan fingerprint density at radius 2 is 1.69 bits per heavy atom. The van der Waals surface area contributed by atoms with E-state index in [2.05, 4.69) is 25.1 Å². The van der Waals surface area contributed by atoms with Gasteiger partial charge in [0.1, 0.15) is 0 Å². The van der Waals surface area contributed by atoms with Crippen LogP contribution in [0.3, 0.4) is 0 Å². The molecule has 0 aliphatic heterocycles. The van der Waals surface area contributed by atoms with Crippen LogP contribution in [0.4, 0.5) is 0 Å². The van der Waals surface area contributed by atoms with Crippen LogP contribution in [0.25, 0.3) is 0 Å². The van der Waals surface area contributed by atoms with Gasteiger partial charge in [0.15, 0.2) is 0 Å². The summed E-state index contributed by atoms with van der Waals surface area (Å²) < 4.78 is 0. The summed E-state index contributed by atoms with van der Waals surface area (Å²) in [7, 11) is 0. The Hall–Kier alpha value is -0.900. The Morgan fingerprint density at radius 1 is 1.12 bits per heavy atom. The van der Waals surface area contributed by atoms with Crippen molar-refractivity contribution < 1.29 is 5.11 Å². The van der Waals surface area contributed by atoms with Gasteiger partial charge in [0.25, 0.3) is 0 Å². The summed E-state index contributed by atoms with van der Waals surface area (Å²) in [6.07, 6.45) is 1.92. The lowest BCUT2D eigenvalue weighted by Gasteiger charge is -2.10. The van der Waals surface area contributed by atoms with E-state index in [4.69, 9.17) is 16.6 Å². The molecular weight excluding hydrogens is 200 g/mol. The van der Waals surface area contributed by atoms with Crippen LogP contribution in [-0.4, -0.2) is 24.8 Å². The van der Waals surface area contributed by atoms with Crippen LogP contribution in [0.5, 0.6) is 0 Å². The maximum Gasteiger partial charge on any atom is 0.0402 e. The molecule has 0 bridgehead atoms. The summed E-state index contributed by atoms with van der Waals surface area (Å²) in [6.45, 7) is 5.48. The Labute approximate surface area is 98.5 Å². The summed E-state index contributed by atoms with van der Waals surface area (Å²) in [4.78, 5) is 0. The minimum absolute atomic E-state index is 0.250. The van der Waals surface area contributed by atoms with Crippen LogP contribution in [0, 0.1) is 6.92 Å². The number of aryl methyl sites for hydroxylation is 1. The van der Waals surface area contributed by atoms with Gasteiger partial charge in [0.05, 0.1) is 0 Å². The molecule has 0 aliphatic carbocycles. The first-order valence-electron chi connectivity index (χ1n) is 5.79. The molecule has 1 rings (SSSR count). The Balaban J connectivity index is 0.000000673. The van der Waals surface area contributed by atoms with E-state index in [-0.39, 0.29) is 6.61 Å². The van der Waals surface area contributed by atoms with E-state index in [1.54, 1.807) is 6.92 Å². The van der Waals surface area contributed by atoms with Crippen LogP contribution >= 0.6 is 0 Å². The number of hydrogen-bond acceptors (Lipinski definition) is 3. The fraction of sp³-hybridized carbons (Fsp3) is 0.538. The largest absolute Gasteiger partial charge is 0.397 e. The normalized spacial score (nSPS) is 9.56.